The standard InChI is InChI=1S/C18H27N/c1-14(2)18(10-6-3-7-11-19-18)13-16-12-15-8-4-5-9-17(15)16/h4-5,8-9,14,16,19H,3,6-7,10-13H2,1-2H3. The van der Waals surface area contributed by atoms with Crippen molar-refractivity contribution < 1.29 is 0 Å². The Balaban J connectivity index is 1.76. The van der Waals surface area contributed by atoms with Crippen LogP contribution < -0.4 is 5.32 Å². The van der Waals surface area contributed by atoms with E-state index in [0.29, 0.717) is 5.54 Å². The third-order valence-electron chi connectivity index (χ3n) is 5.45. The first-order chi connectivity index (χ1) is 9.21. The fraction of sp³-hybridized carbons (Fsp3) is 0.667. The Morgan fingerprint density at radius 2 is 2.05 bits per heavy atom. The molecule has 3 rings (SSSR count). The average Bonchev–Trinajstić information content (AvgIpc) is 2.62. The van der Waals surface area contributed by atoms with Gasteiger partial charge in [-0.25, -0.2) is 0 Å². The summed E-state index contributed by atoms with van der Waals surface area (Å²) in [5.74, 6) is 1.53. The molecular weight excluding hydrogens is 230 g/mol. The fourth-order valence-corrected chi connectivity index (χ4v) is 4.06. The molecule has 1 N–H and O–H groups in total. The highest BCUT2D eigenvalue weighted by Gasteiger charge is 2.39. The number of nitrogens with one attached hydrogen (secondary N) is 1. The Kier molecular flexibility index (Phi) is 3.66. The number of hydrogen-bond acceptors (Lipinski definition) is 1. The summed E-state index contributed by atoms with van der Waals surface area (Å²) in [5.41, 5.74) is 3.59. The summed E-state index contributed by atoms with van der Waals surface area (Å²) >= 11 is 0. The summed E-state index contributed by atoms with van der Waals surface area (Å²) in [7, 11) is 0. The Hall–Kier alpha value is -0.820. The Morgan fingerprint density at radius 3 is 2.84 bits per heavy atom. The van der Waals surface area contributed by atoms with Crippen molar-refractivity contribution in [2.45, 2.75) is 63.8 Å². The lowest BCUT2D eigenvalue weighted by atomic mass is 9.67. The molecule has 1 aliphatic heterocycles. The number of benzene rings is 1. The molecule has 0 amide bonds. The molecule has 104 valence electrons. The van der Waals surface area contributed by atoms with Crippen molar-refractivity contribution in [2.24, 2.45) is 5.92 Å². The highest BCUT2D eigenvalue weighted by atomic mass is 15.0. The van der Waals surface area contributed by atoms with Crippen LogP contribution in [0.3, 0.4) is 0 Å². The van der Waals surface area contributed by atoms with Crippen LogP contribution in [0.2, 0.25) is 0 Å². The molecule has 1 aromatic carbocycles. The van der Waals surface area contributed by atoms with Gasteiger partial charge in [0.1, 0.15) is 0 Å². The molecule has 1 heterocycles. The summed E-state index contributed by atoms with van der Waals surface area (Å²) in [6.45, 7) is 6.03. The molecule has 1 heteroatoms. The van der Waals surface area contributed by atoms with E-state index in [-0.39, 0.29) is 0 Å². The third-order valence-corrected chi connectivity index (χ3v) is 5.45. The first kappa shape index (κ1) is 13.2. The monoisotopic (exact) mass is 257 g/mol. The van der Waals surface area contributed by atoms with Gasteiger partial charge in [0, 0.05) is 5.54 Å². The highest BCUT2D eigenvalue weighted by molar-refractivity contribution is 5.40. The van der Waals surface area contributed by atoms with Crippen molar-refractivity contribution in [1.82, 2.24) is 5.32 Å². The van der Waals surface area contributed by atoms with E-state index in [1.54, 1.807) is 11.1 Å². The van der Waals surface area contributed by atoms with Crippen LogP contribution in [0, 0.1) is 5.92 Å². The zero-order chi connectivity index (χ0) is 13.3. The number of hydrogen-bond donors (Lipinski definition) is 1. The van der Waals surface area contributed by atoms with E-state index in [0.717, 1.165) is 11.8 Å². The van der Waals surface area contributed by atoms with Crippen LogP contribution in [0.25, 0.3) is 0 Å². The second kappa shape index (κ2) is 5.28. The van der Waals surface area contributed by atoms with Gasteiger partial charge in [0.05, 0.1) is 0 Å². The number of fused-ring (bicyclic) bond motifs is 1. The van der Waals surface area contributed by atoms with Crippen molar-refractivity contribution in [3.05, 3.63) is 35.4 Å². The molecular formula is C18H27N. The minimum absolute atomic E-state index is 0.384. The zero-order valence-electron chi connectivity index (χ0n) is 12.4. The van der Waals surface area contributed by atoms with Crippen LogP contribution in [0.4, 0.5) is 0 Å². The Bertz CT molecular complexity index is 427. The summed E-state index contributed by atoms with van der Waals surface area (Å²) in [4.78, 5) is 0. The van der Waals surface area contributed by atoms with E-state index in [1.165, 1.54) is 45.1 Å². The summed E-state index contributed by atoms with van der Waals surface area (Å²) in [6.07, 6.45) is 8.16. The molecule has 1 aliphatic carbocycles. The maximum absolute atomic E-state index is 3.92. The minimum Gasteiger partial charge on any atom is -0.311 e. The van der Waals surface area contributed by atoms with Crippen LogP contribution in [0.15, 0.2) is 24.3 Å². The summed E-state index contributed by atoms with van der Waals surface area (Å²) in [5, 5.41) is 3.92. The van der Waals surface area contributed by atoms with Gasteiger partial charge in [-0.3, -0.25) is 0 Å². The SMILES string of the molecule is CC(C)C1(CC2Cc3ccccc32)CCCCCN1. The van der Waals surface area contributed by atoms with Gasteiger partial charge in [-0.2, -0.15) is 0 Å². The molecule has 1 saturated heterocycles. The minimum atomic E-state index is 0.384. The molecule has 0 aromatic heterocycles. The van der Waals surface area contributed by atoms with Gasteiger partial charge in [0.2, 0.25) is 0 Å². The lowest BCUT2D eigenvalue weighted by Gasteiger charge is -2.44. The van der Waals surface area contributed by atoms with Gasteiger partial charge in [-0.05, 0) is 55.2 Å². The van der Waals surface area contributed by atoms with E-state index in [1.807, 2.05) is 0 Å². The summed E-state index contributed by atoms with van der Waals surface area (Å²) < 4.78 is 0. The van der Waals surface area contributed by atoms with Crippen LogP contribution >= 0.6 is 0 Å². The van der Waals surface area contributed by atoms with Gasteiger partial charge in [-0.1, -0.05) is 51.0 Å². The molecule has 0 spiro atoms. The van der Waals surface area contributed by atoms with Gasteiger partial charge >= 0.3 is 0 Å². The van der Waals surface area contributed by atoms with Crippen LogP contribution in [-0.4, -0.2) is 12.1 Å². The summed E-state index contributed by atoms with van der Waals surface area (Å²) in [6, 6.07) is 9.02. The maximum atomic E-state index is 3.92. The maximum Gasteiger partial charge on any atom is 0.0210 e. The second-order valence-corrected chi connectivity index (χ2v) is 6.85. The average molecular weight is 257 g/mol. The van der Waals surface area contributed by atoms with Gasteiger partial charge in [0.15, 0.2) is 0 Å². The van der Waals surface area contributed by atoms with E-state index >= 15 is 0 Å². The highest BCUT2D eigenvalue weighted by Crippen LogP contribution is 2.43. The van der Waals surface area contributed by atoms with E-state index in [4.69, 9.17) is 0 Å². The smallest absolute Gasteiger partial charge is 0.0210 e. The molecule has 0 saturated carbocycles. The first-order valence-corrected chi connectivity index (χ1v) is 8.04. The Labute approximate surface area is 117 Å². The van der Waals surface area contributed by atoms with Gasteiger partial charge in [-0.15, -0.1) is 0 Å². The molecule has 0 radical (unpaired) electrons. The van der Waals surface area contributed by atoms with Crippen LogP contribution in [-0.2, 0) is 6.42 Å². The van der Waals surface area contributed by atoms with Crippen molar-refractivity contribution >= 4 is 0 Å². The largest absolute Gasteiger partial charge is 0.311 e. The predicted molar refractivity (Wildman–Crippen MR) is 81.5 cm³/mol. The normalized spacial score (nSPS) is 30.6. The van der Waals surface area contributed by atoms with Crippen molar-refractivity contribution in [2.75, 3.05) is 6.54 Å². The first-order valence-electron chi connectivity index (χ1n) is 8.04. The second-order valence-electron chi connectivity index (χ2n) is 6.85. The predicted octanol–water partition coefficient (Wildman–Crippen LogP) is 4.27. The molecule has 2 unspecified atom stereocenters. The molecule has 1 aromatic rings. The quantitative estimate of drug-likeness (QED) is 0.852. The molecule has 1 nitrogen and oxygen atoms in total. The number of rotatable bonds is 3. The third kappa shape index (κ3) is 2.45. The molecule has 2 aliphatic rings. The Morgan fingerprint density at radius 1 is 1.21 bits per heavy atom. The molecule has 0 bridgehead atoms. The van der Waals surface area contributed by atoms with Gasteiger partial charge in [0.25, 0.3) is 0 Å². The van der Waals surface area contributed by atoms with E-state index in [2.05, 4.69) is 43.4 Å². The molecule has 1 fully saturated rings. The zero-order valence-corrected chi connectivity index (χ0v) is 12.4. The van der Waals surface area contributed by atoms with Crippen molar-refractivity contribution in [3.63, 3.8) is 0 Å². The lowest BCUT2D eigenvalue weighted by molar-refractivity contribution is 0.190. The van der Waals surface area contributed by atoms with Crippen molar-refractivity contribution in [1.29, 1.82) is 0 Å². The molecule has 2 atom stereocenters. The van der Waals surface area contributed by atoms with Crippen molar-refractivity contribution in [3.8, 4) is 0 Å². The molecule has 19 heavy (non-hydrogen) atoms. The fourth-order valence-electron chi connectivity index (χ4n) is 4.06. The van der Waals surface area contributed by atoms with E-state index in [9.17, 15) is 0 Å². The topological polar surface area (TPSA) is 12.0 Å². The van der Waals surface area contributed by atoms with Gasteiger partial charge < -0.3 is 5.32 Å². The van der Waals surface area contributed by atoms with Crippen LogP contribution in [0.5, 0.6) is 0 Å². The van der Waals surface area contributed by atoms with Crippen LogP contribution in [0.1, 0.15) is 63.0 Å². The van der Waals surface area contributed by atoms with E-state index < -0.39 is 0 Å². The lowest BCUT2D eigenvalue weighted by Crippen LogP contribution is -2.51.